The van der Waals surface area contributed by atoms with E-state index in [9.17, 15) is 0 Å². The predicted octanol–water partition coefficient (Wildman–Crippen LogP) is 4.40. The average molecular weight is 377 g/mol. The van der Waals surface area contributed by atoms with Crippen LogP contribution in [0, 0.1) is 20.8 Å². The van der Waals surface area contributed by atoms with Crippen molar-refractivity contribution in [1.82, 2.24) is 19.8 Å². The lowest BCUT2D eigenvalue weighted by Gasteiger charge is -2.24. The van der Waals surface area contributed by atoms with Crippen LogP contribution in [-0.2, 0) is 0 Å². The fraction of sp³-hybridized carbons (Fsp3) is 0.273. The average Bonchev–Trinajstić information content (AvgIpc) is 3.11. The molecule has 0 radical (unpaired) electrons. The van der Waals surface area contributed by atoms with E-state index in [1.165, 1.54) is 28.2 Å². The fourth-order valence-corrected chi connectivity index (χ4v) is 4.34. The Kier molecular flexibility index (Phi) is 4.48. The first kappa shape index (κ1) is 17.7. The van der Waals surface area contributed by atoms with Crippen LogP contribution in [0.5, 0.6) is 0 Å². The highest BCUT2D eigenvalue weighted by atomic mass is 32.1. The molecule has 3 heterocycles. The van der Waals surface area contributed by atoms with Crippen LogP contribution in [0.4, 0.5) is 0 Å². The van der Waals surface area contributed by atoms with E-state index >= 15 is 0 Å². The zero-order chi connectivity index (χ0) is 19.1. The summed E-state index contributed by atoms with van der Waals surface area (Å²) in [6.07, 6.45) is 1.84. The lowest BCUT2D eigenvalue weighted by atomic mass is 9.97. The van der Waals surface area contributed by atoms with Gasteiger partial charge in [-0.25, -0.2) is 0 Å². The van der Waals surface area contributed by atoms with E-state index in [4.69, 9.17) is 12.2 Å². The summed E-state index contributed by atoms with van der Waals surface area (Å²) in [6.45, 7) is 6.48. The maximum atomic E-state index is 5.57. The lowest BCUT2D eigenvalue weighted by molar-refractivity contribution is 0.367. The number of hydrogen-bond donors (Lipinski definition) is 1. The second kappa shape index (κ2) is 6.82. The summed E-state index contributed by atoms with van der Waals surface area (Å²) in [5, 5.41) is 4.22. The number of nitrogens with one attached hydrogen (secondary N) is 1. The molecule has 0 bridgehead atoms. The van der Waals surface area contributed by atoms with Crippen molar-refractivity contribution in [3.05, 3.63) is 82.9 Å². The van der Waals surface area contributed by atoms with Crippen molar-refractivity contribution in [1.29, 1.82) is 0 Å². The van der Waals surface area contributed by atoms with Crippen LogP contribution < -0.4 is 5.32 Å². The highest BCUT2D eigenvalue weighted by Gasteiger charge is 2.39. The minimum absolute atomic E-state index is 0.0372. The Morgan fingerprint density at radius 2 is 1.85 bits per heavy atom. The van der Waals surface area contributed by atoms with Crippen LogP contribution in [0.2, 0.25) is 0 Å². The quantitative estimate of drug-likeness (QED) is 0.687. The SMILES string of the molecule is Cc1cccc(-n2c(C)cc([C@H]3[C@H](c4ccccn4)NC(=S)N3C)c2C)c1. The van der Waals surface area contributed by atoms with Crippen molar-refractivity contribution < 1.29 is 0 Å². The molecule has 138 valence electrons. The van der Waals surface area contributed by atoms with E-state index in [2.05, 4.69) is 84.0 Å². The summed E-state index contributed by atoms with van der Waals surface area (Å²) >= 11 is 5.57. The molecule has 2 aromatic heterocycles. The Labute approximate surface area is 165 Å². The number of hydrogen-bond acceptors (Lipinski definition) is 2. The van der Waals surface area contributed by atoms with Gasteiger partial charge in [0.15, 0.2) is 5.11 Å². The molecular weight excluding hydrogens is 352 g/mol. The van der Waals surface area contributed by atoms with E-state index in [1.54, 1.807) is 0 Å². The topological polar surface area (TPSA) is 33.1 Å². The lowest BCUT2D eigenvalue weighted by Crippen LogP contribution is -2.25. The highest BCUT2D eigenvalue weighted by Crippen LogP contribution is 2.40. The number of rotatable bonds is 3. The molecule has 0 saturated carbocycles. The summed E-state index contributed by atoms with van der Waals surface area (Å²) in [5.74, 6) is 0. The molecule has 1 saturated heterocycles. The normalized spacial score (nSPS) is 19.4. The molecule has 0 amide bonds. The molecule has 1 aliphatic heterocycles. The van der Waals surface area contributed by atoms with Gasteiger partial charge >= 0.3 is 0 Å². The van der Waals surface area contributed by atoms with Crippen molar-refractivity contribution in [2.75, 3.05) is 7.05 Å². The molecule has 2 atom stereocenters. The third kappa shape index (κ3) is 3.02. The van der Waals surface area contributed by atoms with Crippen molar-refractivity contribution in [3.63, 3.8) is 0 Å². The van der Waals surface area contributed by atoms with Crippen molar-refractivity contribution in [2.24, 2.45) is 0 Å². The van der Waals surface area contributed by atoms with Gasteiger partial charge in [0.1, 0.15) is 0 Å². The van der Waals surface area contributed by atoms with Gasteiger partial charge in [0.05, 0.1) is 17.8 Å². The fourth-order valence-electron chi connectivity index (χ4n) is 4.10. The molecule has 4 nitrogen and oxygen atoms in total. The number of benzene rings is 1. The Morgan fingerprint density at radius 1 is 1.04 bits per heavy atom. The third-order valence-electron chi connectivity index (χ3n) is 5.39. The van der Waals surface area contributed by atoms with Crippen LogP contribution >= 0.6 is 12.2 Å². The van der Waals surface area contributed by atoms with Crippen LogP contribution in [0.3, 0.4) is 0 Å². The first-order chi connectivity index (χ1) is 13.0. The molecule has 1 aromatic carbocycles. The Hall–Kier alpha value is -2.66. The first-order valence-corrected chi connectivity index (χ1v) is 9.58. The minimum Gasteiger partial charge on any atom is -0.352 e. The van der Waals surface area contributed by atoms with Gasteiger partial charge in [-0.1, -0.05) is 18.2 Å². The Balaban J connectivity index is 1.82. The number of pyridine rings is 1. The van der Waals surface area contributed by atoms with Crippen LogP contribution in [-0.4, -0.2) is 26.6 Å². The van der Waals surface area contributed by atoms with Gasteiger partial charge in [-0.05, 0) is 74.4 Å². The smallest absolute Gasteiger partial charge is 0.169 e. The van der Waals surface area contributed by atoms with Crippen LogP contribution in [0.15, 0.2) is 54.7 Å². The molecule has 5 heteroatoms. The Morgan fingerprint density at radius 3 is 2.56 bits per heavy atom. The molecule has 4 rings (SSSR count). The second-order valence-corrected chi connectivity index (χ2v) is 7.63. The van der Waals surface area contributed by atoms with Gasteiger partial charge in [-0.3, -0.25) is 4.98 Å². The standard InChI is InChI=1S/C22H24N4S/c1-14-8-7-9-17(12-14)26-15(2)13-18(16(26)3)21-20(24-22(27)25(21)4)19-10-5-6-11-23-19/h5-13,20-21H,1-4H3,(H,24,27)/t20-,21-/m0/s1. The van der Waals surface area contributed by atoms with E-state index in [0.717, 1.165) is 10.8 Å². The van der Waals surface area contributed by atoms with Crippen LogP contribution in [0.25, 0.3) is 5.69 Å². The van der Waals surface area contributed by atoms with Gasteiger partial charge in [-0.15, -0.1) is 0 Å². The molecular formula is C22H24N4S. The predicted molar refractivity (Wildman–Crippen MR) is 113 cm³/mol. The third-order valence-corrected chi connectivity index (χ3v) is 5.79. The van der Waals surface area contributed by atoms with E-state index < -0.39 is 0 Å². The molecule has 27 heavy (non-hydrogen) atoms. The zero-order valence-electron chi connectivity index (χ0n) is 16.1. The summed E-state index contributed by atoms with van der Waals surface area (Å²) in [6, 6.07) is 17.1. The number of thiocarbonyl (C=S) groups is 1. The number of aromatic nitrogens is 2. The first-order valence-electron chi connectivity index (χ1n) is 9.17. The summed E-state index contributed by atoms with van der Waals surface area (Å²) in [5.41, 5.74) is 7.20. The maximum Gasteiger partial charge on any atom is 0.169 e. The molecule has 1 N–H and O–H groups in total. The van der Waals surface area contributed by atoms with E-state index in [1.807, 2.05) is 18.3 Å². The van der Waals surface area contributed by atoms with Crippen molar-refractivity contribution >= 4 is 17.3 Å². The molecule has 1 fully saturated rings. The molecule has 0 aliphatic carbocycles. The van der Waals surface area contributed by atoms with E-state index in [0.29, 0.717) is 0 Å². The van der Waals surface area contributed by atoms with Gasteiger partial charge in [0, 0.05) is 30.3 Å². The van der Waals surface area contributed by atoms with E-state index in [-0.39, 0.29) is 12.1 Å². The molecule has 1 aliphatic rings. The minimum atomic E-state index is 0.0372. The second-order valence-electron chi connectivity index (χ2n) is 7.24. The number of aryl methyl sites for hydroxylation is 2. The van der Waals surface area contributed by atoms with Gasteiger partial charge < -0.3 is 14.8 Å². The largest absolute Gasteiger partial charge is 0.352 e. The highest BCUT2D eigenvalue weighted by molar-refractivity contribution is 7.80. The summed E-state index contributed by atoms with van der Waals surface area (Å²) < 4.78 is 2.33. The van der Waals surface area contributed by atoms with Crippen molar-refractivity contribution in [2.45, 2.75) is 32.9 Å². The Bertz CT molecular complexity index is 993. The summed E-state index contributed by atoms with van der Waals surface area (Å²) in [4.78, 5) is 6.73. The van der Waals surface area contributed by atoms with Crippen molar-refractivity contribution in [3.8, 4) is 5.69 Å². The maximum absolute atomic E-state index is 5.57. The van der Waals surface area contributed by atoms with Gasteiger partial charge in [0.2, 0.25) is 0 Å². The van der Waals surface area contributed by atoms with Gasteiger partial charge in [0.25, 0.3) is 0 Å². The molecule has 0 unspecified atom stereocenters. The number of likely N-dealkylation sites (N-methyl/N-ethyl adjacent to an activating group) is 1. The molecule has 3 aromatic rings. The summed E-state index contributed by atoms with van der Waals surface area (Å²) in [7, 11) is 2.06. The molecule has 0 spiro atoms. The monoisotopic (exact) mass is 376 g/mol. The van der Waals surface area contributed by atoms with Crippen LogP contribution in [0.1, 0.15) is 40.3 Å². The number of nitrogens with zero attached hydrogens (tertiary/aromatic N) is 3. The van der Waals surface area contributed by atoms with Gasteiger partial charge in [-0.2, -0.15) is 0 Å². The zero-order valence-corrected chi connectivity index (χ0v) is 16.9.